The molecule has 5 heteroatoms. The molecule has 130 valence electrons. The van der Waals surface area contributed by atoms with E-state index in [1.807, 2.05) is 18.2 Å². The first-order valence-corrected chi connectivity index (χ1v) is 7.81. The second-order valence-corrected chi connectivity index (χ2v) is 5.49. The number of ether oxygens (including phenoxy) is 1. The van der Waals surface area contributed by atoms with E-state index in [9.17, 15) is 9.90 Å². The van der Waals surface area contributed by atoms with Gasteiger partial charge >= 0.3 is 0 Å². The van der Waals surface area contributed by atoms with Crippen LogP contribution in [0.3, 0.4) is 0 Å². The molecule has 4 nitrogen and oxygen atoms in total. The van der Waals surface area contributed by atoms with Crippen molar-refractivity contribution in [2.24, 2.45) is 0 Å². The van der Waals surface area contributed by atoms with Gasteiger partial charge in [0, 0.05) is 12.1 Å². The quantitative estimate of drug-likeness (QED) is 0.540. The molecule has 0 saturated heterocycles. The third-order valence-corrected chi connectivity index (χ3v) is 3.50. The van der Waals surface area contributed by atoms with E-state index < -0.39 is 6.10 Å². The van der Waals surface area contributed by atoms with Crippen LogP contribution in [0.5, 0.6) is 5.75 Å². The smallest absolute Gasteiger partial charge is 0.159 e. The molecule has 0 spiro atoms. The molecule has 2 aromatic carbocycles. The van der Waals surface area contributed by atoms with E-state index in [0.717, 1.165) is 13.0 Å². The van der Waals surface area contributed by atoms with Crippen LogP contribution in [0.2, 0.25) is 0 Å². The molecule has 2 aromatic rings. The molecule has 0 amide bonds. The maximum atomic E-state index is 11.3. The number of nitrogens with one attached hydrogen (secondary N) is 1. The van der Waals surface area contributed by atoms with Gasteiger partial charge in [0.15, 0.2) is 5.78 Å². The van der Waals surface area contributed by atoms with E-state index >= 15 is 0 Å². The second-order valence-electron chi connectivity index (χ2n) is 5.49. The van der Waals surface area contributed by atoms with E-state index in [-0.39, 0.29) is 24.8 Å². The summed E-state index contributed by atoms with van der Waals surface area (Å²) in [6.07, 6.45) is 0.335. The zero-order chi connectivity index (χ0) is 16.5. The topological polar surface area (TPSA) is 58.6 Å². The van der Waals surface area contributed by atoms with Crippen LogP contribution < -0.4 is 10.1 Å². The van der Waals surface area contributed by atoms with E-state index in [4.69, 9.17) is 4.74 Å². The highest BCUT2D eigenvalue weighted by Gasteiger charge is 2.06. The molecular weight excluding hydrogens is 326 g/mol. The number of carbonyl (C=O) groups excluding carboxylic acids is 1. The maximum absolute atomic E-state index is 11.3. The Morgan fingerprint density at radius 2 is 1.92 bits per heavy atom. The number of hydrogen-bond donors (Lipinski definition) is 2. The Morgan fingerprint density at radius 3 is 2.62 bits per heavy atom. The lowest BCUT2D eigenvalue weighted by Crippen LogP contribution is -2.32. The summed E-state index contributed by atoms with van der Waals surface area (Å²) in [6.45, 7) is 2.99. The van der Waals surface area contributed by atoms with Crippen LogP contribution in [0.4, 0.5) is 0 Å². The number of carbonyl (C=O) groups is 1. The highest BCUT2D eigenvalue weighted by molar-refractivity contribution is 5.94. The van der Waals surface area contributed by atoms with Gasteiger partial charge in [0.05, 0.1) is 0 Å². The van der Waals surface area contributed by atoms with Crippen molar-refractivity contribution < 1.29 is 14.6 Å². The Kier molecular flexibility index (Phi) is 9.08. The fraction of sp³-hybridized carbons (Fsp3) is 0.316. The number of rotatable bonds is 9. The molecule has 0 aliphatic heterocycles. The first-order chi connectivity index (χ1) is 11.1. The van der Waals surface area contributed by atoms with Gasteiger partial charge in [-0.3, -0.25) is 4.79 Å². The Labute approximate surface area is 149 Å². The van der Waals surface area contributed by atoms with Crippen LogP contribution in [0.25, 0.3) is 0 Å². The van der Waals surface area contributed by atoms with E-state index in [0.29, 0.717) is 17.9 Å². The van der Waals surface area contributed by atoms with Crippen LogP contribution in [0.1, 0.15) is 22.8 Å². The van der Waals surface area contributed by atoms with Crippen molar-refractivity contribution in [3.8, 4) is 5.75 Å². The summed E-state index contributed by atoms with van der Waals surface area (Å²) in [5, 5.41) is 13.1. The van der Waals surface area contributed by atoms with E-state index in [1.54, 1.807) is 24.3 Å². The SMILES string of the molecule is CC(=O)c1cccc(OCC(O)CNCCc2ccccc2)c1.Cl. The highest BCUT2D eigenvalue weighted by Crippen LogP contribution is 2.13. The fourth-order valence-corrected chi connectivity index (χ4v) is 2.20. The summed E-state index contributed by atoms with van der Waals surface area (Å²) in [4.78, 5) is 11.3. The summed E-state index contributed by atoms with van der Waals surface area (Å²) in [7, 11) is 0. The van der Waals surface area contributed by atoms with Gasteiger partial charge in [0.2, 0.25) is 0 Å². The largest absolute Gasteiger partial charge is 0.491 e. The second kappa shape index (κ2) is 10.8. The molecule has 0 saturated carbocycles. The number of benzene rings is 2. The predicted molar refractivity (Wildman–Crippen MR) is 98.2 cm³/mol. The van der Waals surface area contributed by atoms with E-state index in [1.165, 1.54) is 12.5 Å². The summed E-state index contributed by atoms with van der Waals surface area (Å²) in [5.41, 5.74) is 1.88. The van der Waals surface area contributed by atoms with Gasteiger partial charge in [0.1, 0.15) is 18.5 Å². The van der Waals surface area contributed by atoms with Crippen LogP contribution in [-0.2, 0) is 6.42 Å². The molecule has 0 heterocycles. The fourth-order valence-electron chi connectivity index (χ4n) is 2.20. The lowest BCUT2D eigenvalue weighted by molar-refractivity contribution is 0.101. The zero-order valence-corrected chi connectivity index (χ0v) is 14.6. The first kappa shape index (κ1) is 20.2. The maximum Gasteiger partial charge on any atom is 0.159 e. The summed E-state index contributed by atoms with van der Waals surface area (Å²) in [5.74, 6) is 0.597. The molecule has 0 radical (unpaired) electrons. The molecule has 0 fully saturated rings. The van der Waals surface area contributed by atoms with Crippen LogP contribution in [0.15, 0.2) is 54.6 Å². The number of aliphatic hydroxyl groups is 1. The van der Waals surface area contributed by atoms with Crippen molar-refractivity contribution in [1.82, 2.24) is 5.32 Å². The standard InChI is InChI=1S/C19H23NO3.ClH/c1-15(21)17-8-5-9-19(12-17)23-14-18(22)13-20-11-10-16-6-3-2-4-7-16;/h2-9,12,18,20,22H,10-11,13-14H2,1H3;1H. The van der Waals surface area contributed by atoms with Gasteiger partial charge in [0.25, 0.3) is 0 Å². The van der Waals surface area contributed by atoms with Gasteiger partial charge in [-0.25, -0.2) is 0 Å². The predicted octanol–water partition coefficient (Wildman–Crippen LogP) is 2.88. The van der Waals surface area contributed by atoms with Gasteiger partial charge in [-0.1, -0.05) is 42.5 Å². The number of hydrogen-bond acceptors (Lipinski definition) is 4. The molecule has 2 N–H and O–H groups in total. The van der Waals surface area contributed by atoms with Crippen LogP contribution in [0, 0.1) is 0 Å². The Balaban J connectivity index is 0.00000288. The molecular formula is C19H24ClNO3. The van der Waals surface area contributed by atoms with Gasteiger partial charge in [-0.05, 0) is 37.6 Å². The van der Waals surface area contributed by atoms with Crippen molar-refractivity contribution in [3.05, 3.63) is 65.7 Å². The lowest BCUT2D eigenvalue weighted by Gasteiger charge is -2.13. The molecule has 0 aromatic heterocycles. The molecule has 0 aliphatic rings. The molecule has 1 atom stereocenters. The summed E-state index contributed by atoms with van der Waals surface area (Å²) in [6, 6.07) is 17.2. The first-order valence-electron chi connectivity index (χ1n) is 7.81. The van der Waals surface area contributed by atoms with Gasteiger partial charge < -0.3 is 15.2 Å². The monoisotopic (exact) mass is 349 g/mol. The number of aliphatic hydroxyl groups excluding tert-OH is 1. The normalized spacial score (nSPS) is 11.4. The molecule has 24 heavy (non-hydrogen) atoms. The Bertz CT molecular complexity index is 619. The average Bonchev–Trinajstić information content (AvgIpc) is 2.58. The van der Waals surface area contributed by atoms with Crippen molar-refractivity contribution in [1.29, 1.82) is 0 Å². The highest BCUT2D eigenvalue weighted by atomic mass is 35.5. The van der Waals surface area contributed by atoms with Gasteiger partial charge in [-0.2, -0.15) is 0 Å². The minimum atomic E-state index is -0.591. The van der Waals surface area contributed by atoms with E-state index in [2.05, 4.69) is 17.4 Å². The molecule has 0 aliphatic carbocycles. The number of ketones is 1. The minimum Gasteiger partial charge on any atom is -0.491 e. The third kappa shape index (κ3) is 7.13. The number of Topliss-reactive ketones (excluding diaryl/α,β-unsaturated/α-hetero) is 1. The van der Waals surface area contributed by atoms with Crippen molar-refractivity contribution >= 4 is 18.2 Å². The average molecular weight is 350 g/mol. The Hall–Kier alpha value is -1.88. The lowest BCUT2D eigenvalue weighted by atomic mass is 10.1. The molecule has 0 bridgehead atoms. The Morgan fingerprint density at radius 1 is 1.17 bits per heavy atom. The summed E-state index contributed by atoms with van der Waals surface area (Å²) >= 11 is 0. The molecule has 1 unspecified atom stereocenters. The number of halogens is 1. The molecule has 2 rings (SSSR count). The van der Waals surface area contributed by atoms with Crippen LogP contribution in [-0.4, -0.2) is 36.7 Å². The van der Waals surface area contributed by atoms with Crippen LogP contribution >= 0.6 is 12.4 Å². The third-order valence-electron chi connectivity index (χ3n) is 3.50. The van der Waals surface area contributed by atoms with Crippen molar-refractivity contribution in [2.75, 3.05) is 19.7 Å². The van der Waals surface area contributed by atoms with Crippen molar-refractivity contribution in [3.63, 3.8) is 0 Å². The zero-order valence-electron chi connectivity index (χ0n) is 13.8. The summed E-state index contributed by atoms with van der Waals surface area (Å²) < 4.78 is 5.53. The minimum absolute atomic E-state index is 0. The van der Waals surface area contributed by atoms with Crippen molar-refractivity contribution in [2.45, 2.75) is 19.4 Å². The van der Waals surface area contributed by atoms with Gasteiger partial charge in [-0.15, -0.1) is 12.4 Å².